The van der Waals surface area contributed by atoms with Crippen molar-refractivity contribution in [2.75, 3.05) is 20.3 Å². The van der Waals surface area contributed by atoms with Gasteiger partial charge in [0.05, 0.1) is 12.2 Å². The number of ether oxygens (including phenoxy) is 1. The minimum Gasteiger partial charge on any atom is -0.385 e. The molecule has 0 spiro atoms. The first kappa shape index (κ1) is 22.5. The zero-order valence-corrected chi connectivity index (χ0v) is 18.1. The summed E-state index contributed by atoms with van der Waals surface area (Å²) in [6.07, 6.45) is 0.577. The quantitative estimate of drug-likeness (QED) is 0.539. The van der Waals surface area contributed by atoms with E-state index in [4.69, 9.17) is 16.3 Å². The topological polar surface area (TPSA) is 95.2 Å². The monoisotopic (exact) mass is 442 g/mol. The Morgan fingerprint density at radius 3 is 2.58 bits per heavy atom. The lowest BCUT2D eigenvalue weighted by Gasteiger charge is -2.13. The lowest BCUT2D eigenvalue weighted by Crippen LogP contribution is -2.46. The predicted molar refractivity (Wildman–Crippen MR) is 118 cm³/mol. The van der Waals surface area contributed by atoms with Gasteiger partial charge < -0.3 is 10.1 Å². The van der Waals surface area contributed by atoms with E-state index in [2.05, 4.69) is 10.4 Å². The number of nitrogens with zero attached hydrogens (tertiary/aromatic N) is 3. The molecule has 3 rings (SSSR count). The van der Waals surface area contributed by atoms with Gasteiger partial charge in [-0.2, -0.15) is 9.78 Å². The maximum atomic E-state index is 13.1. The van der Waals surface area contributed by atoms with Crippen LogP contribution < -0.4 is 16.6 Å². The Balaban J connectivity index is 2.08. The van der Waals surface area contributed by atoms with Gasteiger partial charge in [-0.25, -0.2) is 4.79 Å². The molecule has 0 saturated heterocycles. The van der Waals surface area contributed by atoms with E-state index < -0.39 is 17.2 Å². The number of methoxy groups -OCH3 is 1. The molecule has 0 aliphatic rings. The van der Waals surface area contributed by atoms with Crippen molar-refractivity contribution in [1.29, 1.82) is 0 Å². The van der Waals surface area contributed by atoms with Gasteiger partial charge in [-0.05, 0) is 37.1 Å². The molecule has 31 heavy (non-hydrogen) atoms. The van der Waals surface area contributed by atoms with E-state index in [0.717, 1.165) is 20.4 Å². The first-order valence-corrected chi connectivity index (χ1v) is 10.1. The number of hydrogen-bond acceptors (Lipinski definition) is 5. The highest BCUT2D eigenvalue weighted by Gasteiger charge is 2.20. The average Bonchev–Trinajstić information content (AvgIpc) is 2.75. The largest absolute Gasteiger partial charge is 0.385 e. The Kier molecular flexibility index (Phi) is 7.38. The van der Waals surface area contributed by atoms with Gasteiger partial charge in [-0.3, -0.25) is 14.2 Å². The average molecular weight is 443 g/mol. The fraction of sp³-hybridized carbons (Fsp3) is 0.273. The molecule has 1 amide bonds. The van der Waals surface area contributed by atoms with Crippen molar-refractivity contribution < 1.29 is 9.53 Å². The van der Waals surface area contributed by atoms with E-state index in [1.54, 1.807) is 25.3 Å². The SMILES string of the molecule is COCCCNC(=O)c1nn(-c2cccc(Cl)c2)c(=O)n(Cc2ccc(C)cc2)c1=O. The Morgan fingerprint density at radius 1 is 1.16 bits per heavy atom. The molecule has 3 aromatic rings. The van der Waals surface area contributed by atoms with Crippen LogP contribution in [0.3, 0.4) is 0 Å². The molecular formula is C22H23ClN4O4. The van der Waals surface area contributed by atoms with Crippen LogP contribution in [0, 0.1) is 6.92 Å². The standard InChI is InChI=1S/C22H23ClN4O4/c1-15-7-9-16(10-8-15)14-26-21(29)19(20(28)24-11-4-12-31-2)25-27(22(26)30)18-6-3-5-17(23)13-18/h3,5-10,13H,4,11-12,14H2,1-2H3,(H,24,28). The molecule has 0 fully saturated rings. The molecule has 0 radical (unpaired) electrons. The Bertz CT molecular complexity index is 1190. The Morgan fingerprint density at radius 2 is 1.90 bits per heavy atom. The number of halogens is 1. The molecule has 162 valence electrons. The molecule has 1 heterocycles. The van der Waals surface area contributed by atoms with Gasteiger partial charge in [0.15, 0.2) is 0 Å². The first-order valence-electron chi connectivity index (χ1n) is 9.73. The summed E-state index contributed by atoms with van der Waals surface area (Å²) >= 11 is 6.06. The van der Waals surface area contributed by atoms with E-state index in [9.17, 15) is 14.4 Å². The highest BCUT2D eigenvalue weighted by molar-refractivity contribution is 6.30. The molecule has 2 aromatic carbocycles. The second kappa shape index (κ2) is 10.2. The summed E-state index contributed by atoms with van der Waals surface area (Å²) in [6, 6.07) is 13.9. The van der Waals surface area contributed by atoms with Gasteiger partial charge in [0.1, 0.15) is 0 Å². The number of benzene rings is 2. The fourth-order valence-electron chi connectivity index (χ4n) is 2.95. The number of carbonyl (C=O) groups is 1. The number of amides is 1. The summed E-state index contributed by atoms with van der Waals surface area (Å²) in [5, 5.41) is 7.11. The van der Waals surface area contributed by atoms with Crippen molar-refractivity contribution >= 4 is 17.5 Å². The third-order valence-electron chi connectivity index (χ3n) is 4.60. The van der Waals surface area contributed by atoms with Crippen molar-refractivity contribution in [3.63, 3.8) is 0 Å². The van der Waals surface area contributed by atoms with Crippen LogP contribution in [0.5, 0.6) is 0 Å². The van der Waals surface area contributed by atoms with Crippen LogP contribution in [0.25, 0.3) is 5.69 Å². The van der Waals surface area contributed by atoms with Crippen molar-refractivity contribution in [2.45, 2.75) is 19.9 Å². The van der Waals surface area contributed by atoms with Crippen molar-refractivity contribution in [1.82, 2.24) is 19.7 Å². The van der Waals surface area contributed by atoms with E-state index >= 15 is 0 Å². The second-order valence-electron chi connectivity index (χ2n) is 7.00. The number of carbonyl (C=O) groups excluding carboxylic acids is 1. The molecule has 0 bridgehead atoms. The highest BCUT2D eigenvalue weighted by atomic mass is 35.5. The summed E-state index contributed by atoms with van der Waals surface area (Å²) in [6.45, 7) is 2.72. The zero-order chi connectivity index (χ0) is 22.4. The lowest BCUT2D eigenvalue weighted by atomic mass is 10.1. The number of aromatic nitrogens is 3. The third kappa shape index (κ3) is 5.48. The summed E-state index contributed by atoms with van der Waals surface area (Å²) < 4.78 is 6.98. The van der Waals surface area contributed by atoms with E-state index in [-0.39, 0.29) is 12.2 Å². The van der Waals surface area contributed by atoms with Crippen LogP contribution in [0.4, 0.5) is 0 Å². The smallest absolute Gasteiger partial charge is 0.352 e. The van der Waals surface area contributed by atoms with Crippen LogP contribution in [-0.2, 0) is 11.3 Å². The van der Waals surface area contributed by atoms with Crippen LogP contribution >= 0.6 is 11.6 Å². The first-order chi connectivity index (χ1) is 14.9. The van der Waals surface area contributed by atoms with E-state index in [1.165, 1.54) is 6.07 Å². The molecule has 0 aliphatic carbocycles. The Labute approximate surface area is 184 Å². The van der Waals surface area contributed by atoms with Crippen molar-refractivity contribution in [3.05, 3.63) is 91.2 Å². The number of hydrogen-bond donors (Lipinski definition) is 1. The minimum atomic E-state index is -0.756. The molecule has 0 atom stereocenters. The third-order valence-corrected chi connectivity index (χ3v) is 4.83. The number of nitrogens with one attached hydrogen (secondary N) is 1. The van der Waals surface area contributed by atoms with Crippen LogP contribution in [0.1, 0.15) is 28.0 Å². The summed E-state index contributed by atoms with van der Waals surface area (Å²) in [4.78, 5) is 38.8. The molecular weight excluding hydrogens is 420 g/mol. The van der Waals surface area contributed by atoms with Crippen LogP contribution in [0.2, 0.25) is 5.02 Å². The zero-order valence-electron chi connectivity index (χ0n) is 17.3. The molecule has 9 heteroatoms. The molecule has 8 nitrogen and oxygen atoms in total. The molecule has 1 N–H and O–H groups in total. The van der Waals surface area contributed by atoms with Crippen LogP contribution in [-0.4, -0.2) is 40.5 Å². The van der Waals surface area contributed by atoms with Gasteiger partial charge >= 0.3 is 5.69 Å². The van der Waals surface area contributed by atoms with E-state index in [0.29, 0.717) is 30.3 Å². The predicted octanol–water partition coefficient (Wildman–Crippen LogP) is 2.17. The summed E-state index contributed by atoms with van der Waals surface area (Å²) in [5.41, 5.74) is 0.364. The van der Waals surface area contributed by atoms with Crippen LogP contribution in [0.15, 0.2) is 58.1 Å². The second-order valence-corrected chi connectivity index (χ2v) is 7.44. The maximum Gasteiger partial charge on any atom is 0.352 e. The maximum absolute atomic E-state index is 13.1. The van der Waals surface area contributed by atoms with Gasteiger partial charge in [0.2, 0.25) is 5.69 Å². The molecule has 0 aliphatic heterocycles. The molecule has 0 unspecified atom stereocenters. The fourth-order valence-corrected chi connectivity index (χ4v) is 3.14. The lowest BCUT2D eigenvalue weighted by molar-refractivity contribution is 0.0938. The molecule has 1 aromatic heterocycles. The molecule has 0 saturated carbocycles. The van der Waals surface area contributed by atoms with Crippen molar-refractivity contribution in [2.24, 2.45) is 0 Å². The Hall–Kier alpha value is -3.23. The summed E-state index contributed by atoms with van der Waals surface area (Å²) in [7, 11) is 1.56. The minimum absolute atomic E-state index is 0.00495. The normalized spacial score (nSPS) is 10.8. The van der Waals surface area contributed by atoms with Gasteiger partial charge in [-0.15, -0.1) is 0 Å². The van der Waals surface area contributed by atoms with Gasteiger partial charge in [0.25, 0.3) is 11.5 Å². The number of rotatable bonds is 8. The van der Waals surface area contributed by atoms with Crippen molar-refractivity contribution in [3.8, 4) is 5.69 Å². The van der Waals surface area contributed by atoms with Gasteiger partial charge in [-0.1, -0.05) is 47.5 Å². The van der Waals surface area contributed by atoms with E-state index in [1.807, 2.05) is 31.2 Å². The summed E-state index contributed by atoms with van der Waals surface area (Å²) in [5.74, 6) is -0.658. The van der Waals surface area contributed by atoms with Gasteiger partial charge in [0, 0.05) is 25.3 Å². The number of aryl methyl sites for hydroxylation is 1. The highest BCUT2D eigenvalue weighted by Crippen LogP contribution is 2.12.